The molecule has 0 saturated carbocycles. The maximum atomic E-state index is 12.2. The first-order valence-corrected chi connectivity index (χ1v) is 5.93. The summed E-state index contributed by atoms with van der Waals surface area (Å²) >= 11 is 6.05. The van der Waals surface area contributed by atoms with E-state index in [1.165, 1.54) is 0 Å². The van der Waals surface area contributed by atoms with Gasteiger partial charge in [0.15, 0.2) is 0 Å². The van der Waals surface area contributed by atoms with Gasteiger partial charge in [-0.05, 0) is 19.2 Å². The first-order chi connectivity index (χ1) is 8.35. The van der Waals surface area contributed by atoms with Crippen molar-refractivity contribution in [1.29, 1.82) is 0 Å². The molecule has 1 aromatic carbocycles. The zero-order valence-electron chi connectivity index (χ0n) is 10.3. The number of hydrogen-bond acceptors (Lipinski definition) is 2. The molecule has 0 aliphatic rings. The molecule has 2 nitrogen and oxygen atoms in total. The van der Waals surface area contributed by atoms with Gasteiger partial charge in [0.05, 0.1) is 6.42 Å². The standard InChI is InChI=1S/C12H16ClF3N2/c1-17-8-9-10(13)4-3-5-11(9)18(2)7-6-12(14,15)16/h3-5,17H,6-8H2,1-2H3. The number of nitrogens with zero attached hydrogens (tertiary/aromatic N) is 1. The monoisotopic (exact) mass is 280 g/mol. The Hall–Kier alpha value is -0.940. The van der Waals surface area contributed by atoms with E-state index in [0.717, 1.165) is 11.3 Å². The molecule has 0 radical (unpaired) electrons. The van der Waals surface area contributed by atoms with Crippen molar-refractivity contribution in [2.75, 3.05) is 25.5 Å². The highest BCUT2D eigenvalue weighted by Crippen LogP contribution is 2.28. The number of alkyl halides is 3. The zero-order valence-corrected chi connectivity index (χ0v) is 11.1. The first-order valence-electron chi connectivity index (χ1n) is 5.55. The lowest BCUT2D eigenvalue weighted by atomic mass is 10.1. The molecule has 0 aliphatic carbocycles. The number of nitrogens with one attached hydrogen (secondary N) is 1. The molecular weight excluding hydrogens is 265 g/mol. The van der Waals surface area contributed by atoms with Crippen LogP contribution < -0.4 is 10.2 Å². The summed E-state index contributed by atoms with van der Waals surface area (Å²) in [5.74, 6) is 0. The van der Waals surface area contributed by atoms with Crippen LogP contribution in [0.2, 0.25) is 5.02 Å². The van der Waals surface area contributed by atoms with Gasteiger partial charge in [-0.15, -0.1) is 0 Å². The summed E-state index contributed by atoms with van der Waals surface area (Å²) in [5, 5.41) is 3.52. The molecule has 0 bridgehead atoms. The fourth-order valence-corrected chi connectivity index (χ4v) is 1.91. The minimum atomic E-state index is -4.14. The maximum absolute atomic E-state index is 12.2. The molecule has 102 valence electrons. The normalized spacial score (nSPS) is 11.7. The Morgan fingerprint density at radius 2 is 2.00 bits per heavy atom. The number of halogens is 4. The van der Waals surface area contributed by atoms with Crippen LogP contribution in [0, 0.1) is 0 Å². The van der Waals surface area contributed by atoms with Crippen LogP contribution in [-0.4, -0.2) is 26.8 Å². The van der Waals surface area contributed by atoms with Gasteiger partial charge in [0.1, 0.15) is 0 Å². The second-order valence-electron chi connectivity index (χ2n) is 4.05. The van der Waals surface area contributed by atoms with Gasteiger partial charge in [0, 0.05) is 36.4 Å². The number of hydrogen-bond donors (Lipinski definition) is 1. The molecule has 0 saturated heterocycles. The van der Waals surface area contributed by atoms with Gasteiger partial charge in [-0.2, -0.15) is 13.2 Å². The molecule has 0 fully saturated rings. The summed E-state index contributed by atoms with van der Waals surface area (Å²) < 4.78 is 36.6. The van der Waals surface area contributed by atoms with Crippen molar-refractivity contribution in [1.82, 2.24) is 5.32 Å². The van der Waals surface area contributed by atoms with E-state index >= 15 is 0 Å². The van der Waals surface area contributed by atoms with Crippen LogP contribution in [0.3, 0.4) is 0 Å². The van der Waals surface area contributed by atoms with Crippen LogP contribution in [0.1, 0.15) is 12.0 Å². The molecule has 1 aromatic rings. The Kier molecular flexibility index (Phi) is 5.28. The fourth-order valence-electron chi connectivity index (χ4n) is 1.67. The predicted octanol–water partition coefficient (Wildman–Crippen LogP) is 3.45. The van der Waals surface area contributed by atoms with E-state index in [1.54, 1.807) is 37.2 Å². The summed E-state index contributed by atoms with van der Waals surface area (Å²) in [5.41, 5.74) is 1.53. The van der Waals surface area contributed by atoms with Gasteiger partial charge in [0.2, 0.25) is 0 Å². The van der Waals surface area contributed by atoms with Crippen LogP contribution in [-0.2, 0) is 6.54 Å². The average molecular weight is 281 g/mol. The smallest absolute Gasteiger partial charge is 0.374 e. The van der Waals surface area contributed by atoms with Gasteiger partial charge >= 0.3 is 6.18 Å². The largest absolute Gasteiger partial charge is 0.390 e. The summed E-state index contributed by atoms with van der Waals surface area (Å²) in [6, 6.07) is 5.24. The highest BCUT2D eigenvalue weighted by Gasteiger charge is 2.27. The molecule has 1 N–H and O–H groups in total. The molecule has 0 amide bonds. The molecule has 0 heterocycles. The van der Waals surface area contributed by atoms with E-state index in [1.807, 2.05) is 0 Å². The van der Waals surface area contributed by atoms with Gasteiger partial charge in [-0.25, -0.2) is 0 Å². The fraction of sp³-hybridized carbons (Fsp3) is 0.500. The summed E-state index contributed by atoms with van der Waals surface area (Å²) in [4.78, 5) is 1.58. The number of anilines is 1. The SMILES string of the molecule is CNCc1c(Cl)cccc1N(C)CCC(F)(F)F. The molecule has 18 heavy (non-hydrogen) atoms. The Balaban J connectivity index is 2.84. The maximum Gasteiger partial charge on any atom is 0.390 e. The van der Waals surface area contributed by atoms with E-state index in [9.17, 15) is 13.2 Å². The molecule has 0 atom stereocenters. The lowest BCUT2D eigenvalue weighted by Crippen LogP contribution is -2.25. The molecule has 0 spiro atoms. The minimum absolute atomic E-state index is 0.0828. The van der Waals surface area contributed by atoms with Crippen LogP contribution in [0.15, 0.2) is 18.2 Å². The minimum Gasteiger partial charge on any atom is -0.374 e. The van der Waals surface area contributed by atoms with Crippen LogP contribution >= 0.6 is 11.6 Å². The first kappa shape index (κ1) is 15.1. The quantitative estimate of drug-likeness (QED) is 0.889. The van der Waals surface area contributed by atoms with Crippen LogP contribution in [0.25, 0.3) is 0 Å². The van der Waals surface area contributed by atoms with E-state index in [0.29, 0.717) is 11.6 Å². The van der Waals surface area contributed by atoms with Gasteiger partial charge in [-0.1, -0.05) is 17.7 Å². The molecule has 0 unspecified atom stereocenters. The lowest BCUT2D eigenvalue weighted by Gasteiger charge is -2.23. The third kappa shape index (κ3) is 4.38. The van der Waals surface area contributed by atoms with E-state index in [4.69, 9.17) is 11.6 Å². The predicted molar refractivity (Wildman–Crippen MR) is 68.2 cm³/mol. The summed E-state index contributed by atoms with van der Waals surface area (Å²) in [6.07, 6.45) is -4.98. The molecule has 0 aliphatic heterocycles. The van der Waals surface area contributed by atoms with Crippen molar-refractivity contribution in [2.45, 2.75) is 19.1 Å². The van der Waals surface area contributed by atoms with Crippen molar-refractivity contribution in [3.8, 4) is 0 Å². The highest BCUT2D eigenvalue weighted by molar-refractivity contribution is 6.31. The van der Waals surface area contributed by atoms with Crippen molar-refractivity contribution in [3.63, 3.8) is 0 Å². The van der Waals surface area contributed by atoms with Gasteiger partial charge in [0.25, 0.3) is 0 Å². The average Bonchev–Trinajstić information content (AvgIpc) is 2.28. The van der Waals surface area contributed by atoms with Crippen molar-refractivity contribution >= 4 is 17.3 Å². The third-order valence-corrected chi connectivity index (χ3v) is 2.94. The molecule has 6 heteroatoms. The summed E-state index contributed by atoms with van der Waals surface area (Å²) in [7, 11) is 3.40. The number of benzene rings is 1. The number of rotatable bonds is 5. The van der Waals surface area contributed by atoms with E-state index in [2.05, 4.69) is 5.32 Å². The third-order valence-electron chi connectivity index (χ3n) is 2.59. The van der Waals surface area contributed by atoms with Crippen LogP contribution in [0.5, 0.6) is 0 Å². The molecule has 1 rings (SSSR count). The van der Waals surface area contributed by atoms with E-state index in [-0.39, 0.29) is 6.54 Å². The van der Waals surface area contributed by atoms with Crippen molar-refractivity contribution < 1.29 is 13.2 Å². The van der Waals surface area contributed by atoms with E-state index < -0.39 is 12.6 Å². The zero-order chi connectivity index (χ0) is 13.8. The Morgan fingerprint density at radius 3 is 2.56 bits per heavy atom. The highest BCUT2D eigenvalue weighted by atomic mass is 35.5. The molecular formula is C12H16ClF3N2. The second-order valence-corrected chi connectivity index (χ2v) is 4.46. The Morgan fingerprint density at radius 1 is 1.33 bits per heavy atom. The van der Waals surface area contributed by atoms with Gasteiger partial charge in [-0.3, -0.25) is 0 Å². The molecule has 0 aromatic heterocycles. The Labute approximate surface area is 110 Å². The van der Waals surface area contributed by atoms with Gasteiger partial charge < -0.3 is 10.2 Å². The Bertz CT molecular complexity index is 393. The lowest BCUT2D eigenvalue weighted by molar-refractivity contribution is -0.132. The van der Waals surface area contributed by atoms with Crippen LogP contribution in [0.4, 0.5) is 18.9 Å². The second kappa shape index (κ2) is 6.29. The van der Waals surface area contributed by atoms with Crippen molar-refractivity contribution in [3.05, 3.63) is 28.8 Å². The summed E-state index contributed by atoms with van der Waals surface area (Å²) in [6.45, 7) is 0.436. The topological polar surface area (TPSA) is 15.3 Å². The van der Waals surface area contributed by atoms with Crippen molar-refractivity contribution in [2.24, 2.45) is 0 Å².